The minimum absolute atomic E-state index is 0.437. The lowest BCUT2D eigenvalue weighted by Crippen LogP contribution is -2.23. The van der Waals surface area contributed by atoms with Gasteiger partial charge in [0, 0.05) is 10.7 Å². The second-order valence-electron chi connectivity index (χ2n) is 3.26. The van der Waals surface area contributed by atoms with E-state index < -0.39 is 0 Å². The van der Waals surface area contributed by atoms with Gasteiger partial charge in [-0.15, -0.1) is 0 Å². The predicted octanol–water partition coefficient (Wildman–Crippen LogP) is 3.03. The van der Waals surface area contributed by atoms with Crippen molar-refractivity contribution in [2.75, 3.05) is 0 Å². The molecule has 2 atom stereocenters. The summed E-state index contributed by atoms with van der Waals surface area (Å²) in [7, 11) is 0. The van der Waals surface area contributed by atoms with Gasteiger partial charge in [0.15, 0.2) is 0 Å². The van der Waals surface area contributed by atoms with Gasteiger partial charge in [-0.2, -0.15) is 0 Å². The highest BCUT2D eigenvalue weighted by Crippen LogP contribution is 2.44. The van der Waals surface area contributed by atoms with E-state index in [1.54, 1.807) is 6.07 Å². The highest BCUT2D eigenvalue weighted by atomic mass is 79.9. The molecule has 1 aromatic carbocycles. The molecule has 2 unspecified atom stereocenters. The summed E-state index contributed by atoms with van der Waals surface area (Å²) >= 11 is 3.59. The molecule has 0 amide bonds. The van der Waals surface area contributed by atoms with Gasteiger partial charge in [-0.05, 0) is 24.5 Å². The molecule has 1 N–H and O–H groups in total. The van der Waals surface area contributed by atoms with Crippen LogP contribution in [0.3, 0.4) is 0 Å². The zero-order valence-electron chi connectivity index (χ0n) is 6.70. The molecule has 2 rings (SSSR count). The Morgan fingerprint density at radius 3 is 2.50 bits per heavy atom. The second kappa shape index (κ2) is 3.09. The number of phenols is 1. The standard InChI is InChI=1S/C10H11BrO/c11-9-6-5-7(9)8-3-1-2-4-10(8)12/h1-4,7,9,12H,5-6H2. The maximum absolute atomic E-state index is 9.54. The number of aromatic hydroxyl groups is 1. The Hall–Kier alpha value is -0.500. The number of rotatable bonds is 1. The molecule has 1 aromatic rings. The molecule has 0 aromatic heterocycles. The van der Waals surface area contributed by atoms with Gasteiger partial charge in [0.1, 0.15) is 5.75 Å². The topological polar surface area (TPSA) is 20.2 Å². The molecule has 1 fully saturated rings. The lowest BCUT2D eigenvalue weighted by molar-refractivity contribution is 0.409. The predicted molar refractivity (Wildman–Crippen MR) is 52.8 cm³/mol. The molecular weight excluding hydrogens is 216 g/mol. The van der Waals surface area contributed by atoms with Crippen LogP contribution in [0, 0.1) is 0 Å². The molecule has 1 aliphatic carbocycles. The maximum atomic E-state index is 9.54. The Morgan fingerprint density at radius 1 is 1.25 bits per heavy atom. The first-order valence-corrected chi connectivity index (χ1v) is 5.12. The molecule has 0 spiro atoms. The van der Waals surface area contributed by atoms with Crippen LogP contribution in [-0.2, 0) is 0 Å². The number of alkyl halides is 1. The van der Waals surface area contributed by atoms with Crippen molar-refractivity contribution in [1.82, 2.24) is 0 Å². The normalized spacial score (nSPS) is 28.1. The van der Waals surface area contributed by atoms with E-state index in [0.29, 0.717) is 16.5 Å². The van der Waals surface area contributed by atoms with E-state index in [4.69, 9.17) is 0 Å². The van der Waals surface area contributed by atoms with Crippen LogP contribution in [0.4, 0.5) is 0 Å². The Bertz CT molecular complexity index is 285. The van der Waals surface area contributed by atoms with Gasteiger partial charge in [-0.3, -0.25) is 0 Å². The molecule has 2 heteroatoms. The van der Waals surface area contributed by atoms with Crippen molar-refractivity contribution in [2.45, 2.75) is 23.6 Å². The lowest BCUT2D eigenvalue weighted by atomic mass is 9.79. The van der Waals surface area contributed by atoms with E-state index in [1.165, 1.54) is 12.8 Å². The fourth-order valence-corrected chi connectivity index (χ4v) is 2.42. The smallest absolute Gasteiger partial charge is 0.119 e. The Labute approximate surface area is 80.5 Å². The number of phenolic OH excluding ortho intramolecular Hbond substituents is 1. The monoisotopic (exact) mass is 226 g/mol. The quantitative estimate of drug-likeness (QED) is 0.731. The summed E-state index contributed by atoms with van der Waals surface area (Å²) in [6.45, 7) is 0. The van der Waals surface area contributed by atoms with Gasteiger partial charge in [-0.1, -0.05) is 34.1 Å². The largest absolute Gasteiger partial charge is 0.508 e. The first-order valence-electron chi connectivity index (χ1n) is 4.21. The average Bonchev–Trinajstić information content (AvgIpc) is 2.06. The lowest BCUT2D eigenvalue weighted by Gasteiger charge is -2.32. The molecule has 1 saturated carbocycles. The van der Waals surface area contributed by atoms with Crippen molar-refractivity contribution in [3.05, 3.63) is 29.8 Å². The first kappa shape index (κ1) is 8.11. The molecule has 1 aliphatic rings. The van der Waals surface area contributed by atoms with E-state index in [-0.39, 0.29) is 0 Å². The third-order valence-electron chi connectivity index (χ3n) is 2.53. The molecule has 0 saturated heterocycles. The summed E-state index contributed by atoms with van der Waals surface area (Å²) in [4.78, 5) is 0.561. The number of halogens is 1. The van der Waals surface area contributed by atoms with Crippen molar-refractivity contribution < 1.29 is 5.11 Å². The number of benzene rings is 1. The van der Waals surface area contributed by atoms with E-state index >= 15 is 0 Å². The van der Waals surface area contributed by atoms with E-state index in [9.17, 15) is 5.11 Å². The van der Waals surface area contributed by atoms with E-state index in [0.717, 1.165) is 5.56 Å². The molecule has 0 aliphatic heterocycles. The minimum Gasteiger partial charge on any atom is -0.508 e. The highest BCUT2D eigenvalue weighted by Gasteiger charge is 2.31. The average molecular weight is 227 g/mol. The fourth-order valence-electron chi connectivity index (χ4n) is 1.61. The summed E-state index contributed by atoms with van der Waals surface area (Å²) in [5.41, 5.74) is 1.09. The summed E-state index contributed by atoms with van der Waals surface area (Å²) < 4.78 is 0. The molecular formula is C10H11BrO. The van der Waals surface area contributed by atoms with Crippen LogP contribution < -0.4 is 0 Å². The van der Waals surface area contributed by atoms with Crippen LogP contribution in [0.2, 0.25) is 0 Å². The van der Waals surface area contributed by atoms with E-state index in [2.05, 4.69) is 15.9 Å². The summed E-state index contributed by atoms with van der Waals surface area (Å²) in [6.07, 6.45) is 2.41. The van der Waals surface area contributed by atoms with Crippen molar-refractivity contribution in [3.8, 4) is 5.75 Å². The minimum atomic E-state index is 0.437. The fraction of sp³-hybridized carbons (Fsp3) is 0.400. The van der Waals surface area contributed by atoms with Crippen molar-refractivity contribution in [1.29, 1.82) is 0 Å². The van der Waals surface area contributed by atoms with Gasteiger partial charge in [0.2, 0.25) is 0 Å². The van der Waals surface area contributed by atoms with Crippen molar-refractivity contribution >= 4 is 15.9 Å². The second-order valence-corrected chi connectivity index (χ2v) is 4.43. The molecule has 0 radical (unpaired) electrons. The van der Waals surface area contributed by atoms with Crippen LogP contribution in [0.1, 0.15) is 24.3 Å². The first-order chi connectivity index (χ1) is 5.79. The zero-order valence-corrected chi connectivity index (χ0v) is 8.29. The van der Waals surface area contributed by atoms with Crippen LogP contribution in [-0.4, -0.2) is 9.93 Å². The number of para-hydroxylation sites is 1. The van der Waals surface area contributed by atoms with Gasteiger partial charge in [-0.25, -0.2) is 0 Å². The highest BCUT2D eigenvalue weighted by molar-refractivity contribution is 9.09. The van der Waals surface area contributed by atoms with Crippen molar-refractivity contribution in [2.24, 2.45) is 0 Å². The molecule has 0 heterocycles. The summed E-state index contributed by atoms with van der Waals surface area (Å²) in [5.74, 6) is 0.956. The summed E-state index contributed by atoms with van der Waals surface area (Å²) in [5, 5.41) is 9.54. The van der Waals surface area contributed by atoms with Gasteiger partial charge in [0.05, 0.1) is 0 Å². The van der Waals surface area contributed by atoms with Crippen LogP contribution in [0.5, 0.6) is 5.75 Å². The van der Waals surface area contributed by atoms with Gasteiger partial charge >= 0.3 is 0 Å². The van der Waals surface area contributed by atoms with Gasteiger partial charge in [0.25, 0.3) is 0 Å². The number of hydrogen-bond acceptors (Lipinski definition) is 1. The SMILES string of the molecule is Oc1ccccc1C1CCC1Br. The molecule has 12 heavy (non-hydrogen) atoms. The van der Waals surface area contributed by atoms with Crippen LogP contribution >= 0.6 is 15.9 Å². The number of hydrogen-bond donors (Lipinski definition) is 1. The molecule has 0 bridgehead atoms. The maximum Gasteiger partial charge on any atom is 0.119 e. The Morgan fingerprint density at radius 2 is 2.00 bits per heavy atom. The van der Waals surface area contributed by atoms with Crippen LogP contribution in [0.25, 0.3) is 0 Å². The third kappa shape index (κ3) is 1.24. The third-order valence-corrected chi connectivity index (χ3v) is 3.62. The van der Waals surface area contributed by atoms with E-state index in [1.807, 2.05) is 18.2 Å². The van der Waals surface area contributed by atoms with Gasteiger partial charge < -0.3 is 5.11 Å². The summed E-state index contributed by atoms with van der Waals surface area (Å²) in [6, 6.07) is 7.61. The molecule has 64 valence electrons. The van der Waals surface area contributed by atoms with Crippen molar-refractivity contribution in [3.63, 3.8) is 0 Å². The zero-order chi connectivity index (χ0) is 8.55. The Balaban J connectivity index is 2.27. The van der Waals surface area contributed by atoms with Crippen LogP contribution in [0.15, 0.2) is 24.3 Å². The Kier molecular flexibility index (Phi) is 2.09. The molecule has 1 nitrogen and oxygen atoms in total.